The van der Waals surface area contributed by atoms with Crippen LogP contribution in [0.4, 0.5) is 5.82 Å². The van der Waals surface area contributed by atoms with E-state index < -0.39 is 0 Å². The first-order valence-electron chi connectivity index (χ1n) is 5.39. The molecule has 0 saturated heterocycles. The normalized spacial score (nSPS) is 11.2. The van der Waals surface area contributed by atoms with Crippen LogP contribution in [0.1, 0.15) is 5.82 Å². The summed E-state index contributed by atoms with van der Waals surface area (Å²) in [4.78, 5) is 7.41. The molecule has 0 bridgehead atoms. The maximum Gasteiger partial charge on any atom is 0.153 e. The molecule has 0 atom stereocenters. The summed E-state index contributed by atoms with van der Waals surface area (Å²) in [5, 5.41) is 5.18. The maximum atomic E-state index is 5.82. The van der Waals surface area contributed by atoms with E-state index in [-0.39, 0.29) is 0 Å². The van der Waals surface area contributed by atoms with E-state index in [1.54, 1.807) is 4.68 Å². The number of rotatable bonds is 1. The molecule has 0 aliphatic heterocycles. The van der Waals surface area contributed by atoms with Crippen LogP contribution in [0.15, 0.2) is 24.4 Å². The summed E-state index contributed by atoms with van der Waals surface area (Å²) >= 11 is 0. The minimum atomic E-state index is 0.565. The summed E-state index contributed by atoms with van der Waals surface area (Å²) in [6, 6.07) is 6.07. The summed E-state index contributed by atoms with van der Waals surface area (Å²) in [6.07, 6.45) is 1.83. The van der Waals surface area contributed by atoms with Crippen LogP contribution in [-0.4, -0.2) is 19.7 Å². The summed E-state index contributed by atoms with van der Waals surface area (Å²) in [6.45, 7) is 1.93. The van der Waals surface area contributed by atoms with Gasteiger partial charge in [0.15, 0.2) is 5.82 Å². The molecule has 2 aromatic heterocycles. The lowest BCUT2D eigenvalue weighted by Crippen LogP contribution is -1.91. The summed E-state index contributed by atoms with van der Waals surface area (Å²) < 4.78 is 1.79. The van der Waals surface area contributed by atoms with Gasteiger partial charge in [-0.2, -0.15) is 5.10 Å². The fourth-order valence-electron chi connectivity index (χ4n) is 2.02. The minimum Gasteiger partial charge on any atom is -0.382 e. The van der Waals surface area contributed by atoms with Crippen LogP contribution in [0.5, 0.6) is 0 Å². The smallest absolute Gasteiger partial charge is 0.153 e. The Morgan fingerprint density at radius 3 is 2.88 bits per heavy atom. The van der Waals surface area contributed by atoms with E-state index in [1.807, 2.05) is 32.3 Å². The third-order valence-corrected chi connectivity index (χ3v) is 2.89. The van der Waals surface area contributed by atoms with Gasteiger partial charge in [-0.25, -0.2) is 4.98 Å². The second-order valence-corrected chi connectivity index (χ2v) is 4.12. The molecule has 3 aromatic rings. The first kappa shape index (κ1) is 9.89. The average Bonchev–Trinajstić information content (AvgIpc) is 2.85. The molecule has 5 nitrogen and oxygen atoms in total. The van der Waals surface area contributed by atoms with E-state index >= 15 is 0 Å². The average molecular weight is 227 g/mol. The number of H-pyrrole nitrogens is 1. The Balaban J connectivity index is 2.22. The van der Waals surface area contributed by atoms with Crippen LogP contribution in [0.25, 0.3) is 22.2 Å². The summed E-state index contributed by atoms with van der Waals surface area (Å²) in [5.41, 5.74) is 8.93. The first-order valence-corrected chi connectivity index (χ1v) is 5.39. The van der Waals surface area contributed by atoms with Crippen molar-refractivity contribution in [1.29, 1.82) is 0 Å². The predicted molar refractivity (Wildman–Crippen MR) is 67.4 cm³/mol. The minimum absolute atomic E-state index is 0.565. The van der Waals surface area contributed by atoms with Crippen LogP contribution in [-0.2, 0) is 7.05 Å². The van der Waals surface area contributed by atoms with Gasteiger partial charge in [-0.15, -0.1) is 0 Å². The molecular formula is C12H13N5. The van der Waals surface area contributed by atoms with Gasteiger partial charge in [-0.1, -0.05) is 6.07 Å². The Morgan fingerprint density at radius 1 is 1.35 bits per heavy atom. The zero-order valence-corrected chi connectivity index (χ0v) is 9.73. The molecule has 0 aliphatic rings. The van der Waals surface area contributed by atoms with Crippen molar-refractivity contribution in [1.82, 2.24) is 19.7 Å². The zero-order valence-electron chi connectivity index (χ0n) is 9.73. The predicted octanol–water partition coefficient (Wildman–Crippen LogP) is 1.85. The van der Waals surface area contributed by atoms with Crippen molar-refractivity contribution in [3.8, 4) is 11.3 Å². The number of aromatic nitrogens is 4. The van der Waals surface area contributed by atoms with Crippen molar-refractivity contribution >= 4 is 16.7 Å². The van der Waals surface area contributed by atoms with Crippen molar-refractivity contribution in [2.45, 2.75) is 6.92 Å². The highest BCUT2D eigenvalue weighted by atomic mass is 15.3. The van der Waals surface area contributed by atoms with Gasteiger partial charge in [0.2, 0.25) is 0 Å². The molecule has 3 N–H and O–H groups in total. The number of benzene rings is 1. The van der Waals surface area contributed by atoms with E-state index in [0.29, 0.717) is 5.82 Å². The quantitative estimate of drug-likeness (QED) is 0.666. The lowest BCUT2D eigenvalue weighted by atomic mass is 10.1. The van der Waals surface area contributed by atoms with Crippen LogP contribution in [0.3, 0.4) is 0 Å². The summed E-state index contributed by atoms with van der Waals surface area (Å²) in [7, 11) is 1.89. The van der Waals surface area contributed by atoms with Gasteiger partial charge >= 0.3 is 0 Å². The molecule has 0 saturated carbocycles. The third kappa shape index (κ3) is 1.47. The molecule has 0 unspecified atom stereocenters. The van der Waals surface area contributed by atoms with Crippen LogP contribution in [0, 0.1) is 6.92 Å². The highest BCUT2D eigenvalue weighted by Crippen LogP contribution is 2.25. The number of aromatic amines is 1. The molecule has 0 spiro atoms. The van der Waals surface area contributed by atoms with Crippen LogP contribution >= 0.6 is 0 Å². The fraction of sp³-hybridized carbons (Fsp3) is 0.167. The highest BCUT2D eigenvalue weighted by molar-refractivity contribution is 5.91. The third-order valence-electron chi connectivity index (χ3n) is 2.89. The maximum absolute atomic E-state index is 5.82. The molecule has 5 heteroatoms. The molecular weight excluding hydrogens is 214 g/mol. The van der Waals surface area contributed by atoms with E-state index in [1.165, 1.54) is 0 Å². The van der Waals surface area contributed by atoms with E-state index in [9.17, 15) is 0 Å². The molecule has 0 radical (unpaired) electrons. The van der Waals surface area contributed by atoms with E-state index in [2.05, 4.69) is 21.1 Å². The van der Waals surface area contributed by atoms with Gasteiger partial charge in [-0.05, 0) is 19.1 Å². The SMILES string of the molecule is Cc1ncc(-c2ccc3c(N)nn(C)c3c2)[nH]1. The molecule has 2 heterocycles. The number of nitrogens with two attached hydrogens (primary N) is 1. The second kappa shape index (κ2) is 3.35. The Labute approximate surface area is 98.3 Å². The fourth-order valence-corrected chi connectivity index (χ4v) is 2.02. The van der Waals surface area contributed by atoms with E-state index in [0.717, 1.165) is 28.0 Å². The Kier molecular flexibility index (Phi) is 1.95. The number of hydrogen-bond acceptors (Lipinski definition) is 3. The number of nitrogens with one attached hydrogen (secondary N) is 1. The van der Waals surface area contributed by atoms with Crippen molar-refractivity contribution in [3.63, 3.8) is 0 Å². The number of hydrogen-bond donors (Lipinski definition) is 2. The number of anilines is 1. The van der Waals surface area contributed by atoms with Crippen LogP contribution in [0.2, 0.25) is 0 Å². The van der Waals surface area contributed by atoms with Crippen molar-refractivity contribution in [3.05, 3.63) is 30.2 Å². The standard InChI is InChI=1S/C12H13N5/c1-7-14-6-10(15-7)8-3-4-9-11(5-8)17(2)16-12(9)13/h3-6H,1-2H3,(H2,13,16)(H,14,15). The number of fused-ring (bicyclic) bond motifs is 1. The molecule has 17 heavy (non-hydrogen) atoms. The largest absolute Gasteiger partial charge is 0.382 e. The van der Waals surface area contributed by atoms with Gasteiger partial charge in [-0.3, -0.25) is 4.68 Å². The number of nitrogen functional groups attached to an aromatic ring is 1. The van der Waals surface area contributed by atoms with Gasteiger partial charge in [0.25, 0.3) is 0 Å². The molecule has 0 aliphatic carbocycles. The van der Waals surface area contributed by atoms with Gasteiger partial charge in [0.1, 0.15) is 5.82 Å². The van der Waals surface area contributed by atoms with Gasteiger partial charge in [0.05, 0.1) is 17.4 Å². The Morgan fingerprint density at radius 2 is 2.18 bits per heavy atom. The van der Waals surface area contributed by atoms with E-state index in [4.69, 9.17) is 5.73 Å². The zero-order chi connectivity index (χ0) is 12.0. The van der Waals surface area contributed by atoms with Crippen molar-refractivity contribution in [2.75, 3.05) is 5.73 Å². The molecule has 0 fully saturated rings. The highest BCUT2D eigenvalue weighted by Gasteiger charge is 2.08. The summed E-state index contributed by atoms with van der Waals surface area (Å²) in [5.74, 6) is 1.47. The second-order valence-electron chi connectivity index (χ2n) is 4.12. The topological polar surface area (TPSA) is 72.5 Å². The van der Waals surface area contributed by atoms with Gasteiger partial charge in [0, 0.05) is 18.0 Å². The monoisotopic (exact) mass is 227 g/mol. The van der Waals surface area contributed by atoms with Crippen LogP contribution < -0.4 is 5.73 Å². The number of imidazole rings is 1. The Hall–Kier alpha value is -2.30. The number of aryl methyl sites for hydroxylation is 2. The van der Waals surface area contributed by atoms with Crippen molar-refractivity contribution in [2.24, 2.45) is 7.05 Å². The number of nitrogens with zero attached hydrogens (tertiary/aromatic N) is 3. The first-order chi connectivity index (χ1) is 8.15. The molecule has 3 rings (SSSR count). The molecule has 1 aromatic carbocycles. The van der Waals surface area contributed by atoms with Gasteiger partial charge < -0.3 is 10.7 Å². The molecule has 86 valence electrons. The lowest BCUT2D eigenvalue weighted by molar-refractivity contribution is 0.802. The molecule has 0 amide bonds. The van der Waals surface area contributed by atoms with Crippen molar-refractivity contribution < 1.29 is 0 Å². The Bertz CT molecular complexity index is 692. The lowest BCUT2D eigenvalue weighted by Gasteiger charge is -1.99.